The van der Waals surface area contributed by atoms with Crippen LogP contribution in [-0.4, -0.2) is 21.5 Å². The number of thiophene rings is 1. The Morgan fingerprint density at radius 2 is 2.00 bits per heavy atom. The van der Waals surface area contributed by atoms with Crippen molar-refractivity contribution < 1.29 is 17.9 Å². The lowest BCUT2D eigenvalue weighted by atomic mass is 9.88. The van der Waals surface area contributed by atoms with Crippen molar-refractivity contribution in [3.05, 3.63) is 46.3 Å². The van der Waals surface area contributed by atoms with Crippen LogP contribution < -0.4 is 4.72 Å². The second-order valence-corrected chi connectivity index (χ2v) is 8.75. The zero-order valence-corrected chi connectivity index (χ0v) is 15.2. The Morgan fingerprint density at radius 1 is 1.29 bits per heavy atom. The number of methoxy groups -OCH3 is 1. The highest BCUT2D eigenvalue weighted by Gasteiger charge is 2.30. The molecule has 2 aromatic rings. The number of ether oxygens (including phenoxy) is 1. The van der Waals surface area contributed by atoms with Gasteiger partial charge in [0.25, 0.3) is 10.0 Å². The standard InChI is InChI=1S/C17H19NO4S2/c1-11-8-9-13-14(10-11)23-16(15(13)17(19)22-2)18-24(20,21)12-6-4-3-5-7-12/h3-7,11,18H,8-10H2,1-2H3/t11-/m1/s1. The van der Waals surface area contributed by atoms with E-state index in [2.05, 4.69) is 11.6 Å². The maximum Gasteiger partial charge on any atom is 0.341 e. The summed E-state index contributed by atoms with van der Waals surface area (Å²) in [6.07, 6.45) is 2.61. The van der Waals surface area contributed by atoms with E-state index < -0.39 is 16.0 Å². The maximum absolute atomic E-state index is 12.6. The van der Waals surface area contributed by atoms with Crippen LogP contribution in [0.5, 0.6) is 0 Å². The van der Waals surface area contributed by atoms with Gasteiger partial charge in [0.2, 0.25) is 0 Å². The summed E-state index contributed by atoms with van der Waals surface area (Å²) in [7, 11) is -2.43. The molecule has 1 aliphatic carbocycles. The van der Waals surface area contributed by atoms with Crippen molar-refractivity contribution in [2.24, 2.45) is 5.92 Å². The number of hydrogen-bond acceptors (Lipinski definition) is 5. The SMILES string of the molecule is COC(=O)c1c(NS(=O)(=O)c2ccccc2)sc2c1CC[C@@H](C)C2. The zero-order valence-electron chi connectivity index (χ0n) is 13.5. The minimum atomic E-state index is -3.74. The Labute approximate surface area is 145 Å². The molecule has 0 radical (unpaired) electrons. The number of benzene rings is 1. The van der Waals surface area contributed by atoms with E-state index in [0.29, 0.717) is 16.5 Å². The molecule has 1 aliphatic rings. The third-order valence-electron chi connectivity index (χ3n) is 4.18. The molecule has 0 unspecified atom stereocenters. The molecule has 1 N–H and O–H groups in total. The molecule has 1 aromatic heterocycles. The molecule has 5 nitrogen and oxygen atoms in total. The van der Waals surface area contributed by atoms with Crippen LogP contribution in [0.15, 0.2) is 35.2 Å². The number of rotatable bonds is 4. The number of esters is 1. The highest BCUT2D eigenvalue weighted by molar-refractivity contribution is 7.93. The lowest BCUT2D eigenvalue weighted by Crippen LogP contribution is -2.16. The number of sulfonamides is 1. The third-order valence-corrected chi connectivity index (χ3v) is 6.85. The molecule has 0 spiro atoms. The van der Waals surface area contributed by atoms with Crippen LogP contribution in [0.1, 0.15) is 34.1 Å². The Kier molecular flexibility index (Phi) is 4.64. The molecular formula is C17H19NO4S2. The summed E-state index contributed by atoms with van der Waals surface area (Å²) in [6, 6.07) is 8.13. The Hall–Kier alpha value is -1.86. The minimum Gasteiger partial charge on any atom is -0.465 e. The van der Waals surface area contributed by atoms with E-state index in [1.807, 2.05) is 0 Å². The number of nitrogens with one attached hydrogen (secondary N) is 1. The minimum absolute atomic E-state index is 0.167. The number of anilines is 1. The predicted octanol–water partition coefficient (Wildman–Crippen LogP) is 3.46. The average Bonchev–Trinajstić information content (AvgIpc) is 2.91. The number of fused-ring (bicyclic) bond motifs is 1. The number of carbonyl (C=O) groups excluding carboxylic acids is 1. The van der Waals surface area contributed by atoms with E-state index in [4.69, 9.17) is 4.74 Å². The van der Waals surface area contributed by atoms with Crippen molar-refractivity contribution in [3.8, 4) is 0 Å². The van der Waals surface area contributed by atoms with Crippen molar-refractivity contribution >= 4 is 32.3 Å². The fourth-order valence-corrected chi connectivity index (χ4v) is 5.65. The fraction of sp³-hybridized carbons (Fsp3) is 0.353. The van der Waals surface area contributed by atoms with Gasteiger partial charge in [-0.2, -0.15) is 0 Å². The van der Waals surface area contributed by atoms with Crippen LogP contribution in [-0.2, 0) is 27.6 Å². The molecule has 0 saturated carbocycles. The van der Waals surface area contributed by atoms with E-state index in [-0.39, 0.29) is 4.90 Å². The highest BCUT2D eigenvalue weighted by Crippen LogP contribution is 2.40. The Balaban J connectivity index is 2.03. The largest absolute Gasteiger partial charge is 0.465 e. The van der Waals surface area contributed by atoms with Crippen molar-refractivity contribution in [2.45, 2.75) is 31.1 Å². The summed E-state index contributed by atoms with van der Waals surface area (Å²) in [6.45, 7) is 2.16. The molecule has 0 bridgehead atoms. The van der Waals surface area contributed by atoms with Crippen LogP contribution in [0.3, 0.4) is 0 Å². The van der Waals surface area contributed by atoms with Crippen LogP contribution in [0.4, 0.5) is 5.00 Å². The van der Waals surface area contributed by atoms with Crippen molar-refractivity contribution in [2.75, 3.05) is 11.8 Å². The zero-order chi connectivity index (χ0) is 17.3. The molecule has 1 heterocycles. The van der Waals surface area contributed by atoms with Gasteiger partial charge in [0.1, 0.15) is 5.00 Å². The second-order valence-electron chi connectivity index (χ2n) is 5.97. The number of carbonyl (C=O) groups is 1. The van der Waals surface area contributed by atoms with E-state index in [1.54, 1.807) is 18.2 Å². The lowest BCUT2D eigenvalue weighted by molar-refractivity contribution is 0.0601. The van der Waals surface area contributed by atoms with E-state index >= 15 is 0 Å². The molecule has 7 heteroatoms. The molecule has 3 rings (SSSR count). The van der Waals surface area contributed by atoms with Crippen molar-refractivity contribution in [3.63, 3.8) is 0 Å². The van der Waals surface area contributed by atoms with Gasteiger partial charge in [0.05, 0.1) is 17.6 Å². The molecule has 0 amide bonds. The van der Waals surface area contributed by atoms with Gasteiger partial charge in [-0.1, -0.05) is 25.1 Å². The molecule has 1 atom stereocenters. The first-order valence-electron chi connectivity index (χ1n) is 7.73. The molecule has 0 aliphatic heterocycles. The van der Waals surface area contributed by atoms with Crippen LogP contribution in [0, 0.1) is 5.92 Å². The van der Waals surface area contributed by atoms with E-state index in [9.17, 15) is 13.2 Å². The maximum atomic E-state index is 12.6. The molecular weight excluding hydrogens is 346 g/mol. The van der Waals surface area contributed by atoms with Gasteiger partial charge in [-0.05, 0) is 42.9 Å². The first kappa shape index (κ1) is 17.0. The molecule has 1 aromatic carbocycles. The molecule has 24 heavy (non-hydrogen) atoms. The van der Waals surface area contributed by atoms with Crippen LogP contribution >= 0.6 is 11.3 Å². The van der Waals surface area contributed by atoms with Gasteiger partial charge < -0.3 is 4.74 Å². The van der Waals surface area contributed by atoms with Gasteiger partial charge in [-0.3, -0.25) is 4.72 Å². The first-order valence-corrected chi connectivity index (χ1v) is 10.0. The molecule has 0 saturated heterocycles. The smallest absolute Gasteiger partial charge is 0.341 e. The first-order chi connectivity index (χ1) is 11.4. The Bertz CT molecular complexity index is 856. The van der Waals surface area contributed by atoms with E-state index in [1.165, 1.54) is 30.6 Å². The summed E-state index contributed by atoms with van der Waals surface area (Å²) in [5.74, 6) is 0.0352. The predicted molar refractivity (Wildman–Crippen MR) is 94.1 cm³/mol. The second kappa shape index (κ2) is 6.57. The van der Waals surface area contributed by atoms with Crippen LogP contribution in [0.2, 0.25) is 0 Å². The summed E-state index contributed by atoms with van der Waals surface area (Å²) < 4.78 is 32.6. The van der Waals surface area contributed by atoms with Gasteiger partial charge in [0.15, 0.2) is 0 Å². The van der Waals surface area contributed by atoms with Crippen molar-refractivity contribution in [1.82, 2.24) is 0 Å². The monoisotopic (exact) mass is 365 g/mol. The van der Waals surface area contributed by atoms with Gasteiger partial charge in [-0.15, -0.1) is 11.3 Å². The topological polar surface area (TPSA) is 72.5 Å². The third kappa shape index (κ3) is 3.18. The van der Waals surface area contributed by atoms with Gasteiger partial charge in [-0.25, -0.2) is 13.2 Å². The molecule has 128 valence electrons. The summed E-state index contributed by atoms with van der Waals surface area (Å²) in [5, 5.41) is 0.352. The van der Waals surface area contributed by atoms with Gasteiger partial charge >= 0.3 is 5.97 Å². The highest BCUT2D eigenvalue weighted by atomic mass is 32.2. The quantitative estimate of drug-likeness (QED) is 0.842. The Morgan fingerprint density at radius 3 is 2.67 bits per heavy atom. The van der Waals surface area contributed by atoms with Gasteiger partial charge in [0, 0.05) is 4.88 Å². The molecule has 0 fully saturated rings. The lowest BCUT2D eigenvalue weighted by Gasteiger charge is -2.18. The van der Waals surface area contributed by atoms with Crippen LogP contribution in [0.25, 0.3) is 0 Å². The summed E-state index contributed by atoms with van der Waals surface area (Å²) in [5.41, 5.74) is 1.29. The number of hydrogen-bond donors (Lipinski definition) is 1. The summed E-state index contributed by atoms with van der Waals surface area (Å²) in [4.78, 5) is 13.5. The van der Waals surface area contributed by atoms with E-state index in [0.717, 1.165) is 29.7 Å². The average molecular weight is 365 g/mol. The van der Waals surface area contributed by atoms with Crippen molar-refractivity contribution in [1.29, 1.82) is 0 Å². The summed E-state index contributed by atoms with van der Waals surface area (Å²) >= 11 is 1.34. The normalized spacial score (nSPS) is 17.2. The fourth-order valence-electron chi connectivity index (χ4n) is 2.92.